The van der Waals surface area contributed by atoms with Crippen LogP contribution in [0.3, 0.4) is 0 Å². The lowest BCUT2D eigenvalue weighted by Crippen LogP contribution is -2.25. The van der Waals surface area contributed by atoms with Crippen LogP contribution in [-0.2, 0) is 14.8 Å². The molecule has 104 valence electrons. The van der Waals surface area contributed by atoms with Gasteiger partial charge in [-0.2, -0.15) is 0 Å². The van der Waals surface area contributed by atoms with Crippen molar-refractivity contribution < 1.29 is 13.2 Å². The highest BCUT2D eigenvalue weighted by molar-refractivity contribution is 7.89. The maximum absolute atomic E-state index is 12.0. The van der Waals surface area contributed by atoms with Gasteiger partial charge in [-0.05, 0) is 36.2 Å². The van der Waals surface area contributed by atoms with E-state index in [1.54, 1.807) is 12.1 Å². The van der Waals surface area contributed by atoms with Crippen LogP contribution in [0.25, 0.3) is 0 Å². The average Bonchev–Trinajstić information content (AvgIpc) is 2.63. The van der Waals surface area contributed by atoms with Crippen molar-refractivity contribution in [2.75, 3.05) is 12.4 Å². The SMILES string of the molecule is CNS(=O)(=O)c1ccc2c(c1)C(C(C)(C)C)C(=O)N2. The van der Waals surface area contributed by atoms with Crippen molar-refractivity contribution in [1.82, 2.24) is 4.72 Å². The Hall–Kier alpha value is -1.40. The smallest absolute Gasteiger partial charge is 0.240 e. The summed E-state index contributed by atoms with van der Waals surface area (Å²) < 4.78 is 25.9. The summed E-state index contributed by atoms with van der Waals surface area (Å²) in [5.74, 6) is -0.420. The van der Waals surface area contributed by atoms with Gasteiger partial charge in [0.25, 0.3) is 0 Å². The molecule has 1 aromatic rings. The number of amides is 1. The van der Waals surface area contributed by atoms with Crippen LogP contribution in [0, 0.1) is 5.41 Å². The molecular weight excluding hydrogens is 264 g/mol. The molecule has 6 heteroatoms. The number of nitrogens with one attached hydrogen (secondary N) is 2. The molecule has 0 radical (unpaired) electrons. The molecule has 0 aromatic heterocycles. The topological polar surface area (TPSA) is 75.3 Å². The number of anilines is 1. The quantitative estimate of drug-likeness (QED) is 0.866. The molecule has 1 aliphatic heterocycles. The van der Waals surface area contributed by atoms with Crippen LogP contribution < -0.4 is 10.0 Å². The van der Waals surface area contributed by atoms with Gasteiger partial charge in [0.15, 0.2) is 0 Å². The van der Waals surface area contributed by atoms with Gasteiger partial charge in [0, 0.05) is 5.69 Å². The Morgan fingerprint density at radius 1 is 1.26 bits per heavy atom. The van der Waals surface area contributed by atoms with E-state index >= 15 is 0 Å². The number of fused-ring (bicyclic) bond motifs is 1. The third-order valence-corrected chi connectivity index (χ3v) is 4.71. The largest absolute Gasteiger partial charge is 0.325 e. The standard InChI is InChI=1S/C13H18N2O3S/c1-13(2,3)11-9-7-8(19(17,18)14-4)5-6-10(9)15-12(11)16/h5-7,11,14H,1-4H3,(H,15,16). The van der Waals surface area contributed by atoms with Crippen molar-refractivity contribution in [3.05, 3.63) is 23.8 Å². The fourth-order valence-corrected chi connectivity index (χ4v) is 3.15. The van der Waals surface area contributed by atoms with Crippen LogP contribution in [0.1, 0.15) is 32.3 Å². The minimum Gasteiger partial charge on any atom is -0.325 e. The zero-order valence-corrected chi connectivity index (χ0v) is 12.3. The first-order valence-electron chi connectivity index (χ1n) is 6.05. The summed E-state index contributed by atoms with van der Waals surface area (Å²) in [5.41, 5.74) is 1.17. The first-order valence-corrected chi connectivity index (χ1v) is 7.53. The maximum atomic E-state index is 12.0. The first kappa shape index (κ1) is 14.0. The van der Waals surface area contributed by atoms with E-state index in [9.17, 15) is 13.2 Å². The molecule has 0 saturated heterocycles. The molecule has 1 heterocycles. The summed E-state index contributed by atoms with van der Waals surface area (Å²) in [5, 5.41) is 2.80. The lowest BCUT2D eigenvalue weighted by atomic mass is 9.77. The van der Waals surface area contributed by atoms with E-state index in [1.807, 2.05) is 20.8 Å². The van der Waals surface area contributed by atoms with E-state index < -0.39 is 10.0 Å². The van der Waals surface area contributed by atoms with Gasteiger partial charge >= 0.3 is 0 Å². The van der Waals surface area contributed by atoms with Gasteiger partial charge in [-0.15, -0.1) is 0 Å². The third kappa shape index (κ3) is 2.37. The van der Waals surface area contributed by atoms with E-state index in [0.29, 0.717) is 5.69 Å². The lowest BCUT2D eigenvalue weighted by molar-refractivity contribution is -0.119. The number of benzene rings is 1. The molecule has 2 N–H and O–H groups in total. The van der Waals surface area contributed by atoms with Crippen LogP contribution in [0.2, 0.25) is 0 Å². The zero-order chi connectivity index (χ0) is 14.4. The Labute approximate surface area is 113 Å². The van der Waals surface area contributed by atoms with Crippen molar-refractivity contribution in [2.45, 2.75) is 31.6 Å². The van der Waals surface area contributed by atoms with Gasteiger partial charge in [-0.3, -0.25) is 4.79 Å². The first-order chi connectivity index (χ1) is 8.66. The van der Waals surface area contributed by atoms with E-state index in [0.717, 1.165) is 5.56 Å². The molecule has 2 rings (SSSR count). The molecule has 1 unspecified atom stereocenters. The van der Waals surface area contributed by atoms with Crippen molar-refractivity contribution in [3.8, 4) is 0 Å². The number of hydrogen-bond acceptors (Lipinski definition) is 3. The van der Waals surface area contributed by atoms with E-state index in [4.69, 9.17) is 0 Å². The van der Waals surface area contributed by atoms with Gasteiger partial charge in [0.1, 0.15) is 0 Å². The van der Waals surface area contributed by atoms with Crippen molar-refractivity contribution in [3.63, 3.8) is 0 Å². The zero-order valence-electron chi connectivity index (χ0n) is 11.4. The molecule has 0 saturated carbocycles. The van der Waals surface area contributed by atoms with Gasteiger partial charge in [0.05, 0.1) is 10.8 Å². The van der Waals surface area contributed by atoms with Crippen LogP contribution in [0.5, 0.6) is 0 Å². The van der Waals surface area contributed by atoms with Gasteiger partial charge in [-0.25, -0.2) is 13.1 Å². The lowest BCUT2D eigenvalue weighted by Gasteiger charge is -2.25. The summed E-state index contributed by atoms with van der Waals surface area (Å²) in [6, 6.07) is 4.72. The number of rotatable bonds is 2. The second kappa shape index (κ2) is 4.31. The van der Waals surface area contributed by atoms with E-state index in [1.165, 1.54) is 13.1 Å². The highest BCUT2D eigenvalue weighted by Crippen LogP contribution is 2.44. The van der Waals surface area contributed by atoms with Gasteiger partial charge < -0.3 is 5.32 Å². The average molecular weight is 282 g/mol. The number of hydrogen-bond donors (Lipinski definition) is 2. The van der Waals surface area contributed by atoms with Gasteiger partial charge in [-0.1, -0.05) is 20.8 Å². The monoisotopic (exact) mass is 282 g/mol. The fourth-order valence-electron chi connectivity index (χ4n) is 2.38. The fraction of sp³-hybridized carbons (Fsp3) is 0.462. The third-order valence-electron chi connectivity index (χ3n) is 3.30. The molecule has 1 aromatic carbocycles. The highest BCUT2D eigenvalue weighted by atomic mass is 32.2. The number of carbonyl (C=O) groups excluding carboxylic acids is 1. The summed E-state index contributed by atoms with van der Waals surface area (Å²) in [6.07, 6.45) is 0. The normalized spacial score (nSPS) is 19.2. The molecule has 1 aliphatic rings. The van der Waals surface area contributed by atoms with Crippen LogP contribution in [0.15, 0.2) is 23.1 Å². The molecule has 0 fully saturated rings. The maximum Gasteiger partial charge on any atom is 0.240 e. The Bertz CT molecular complexity index is 630. The molecule has 19 heavy (non-hydrogen) atoms. The predicted octanol–water partition coefficient (Wildman–Crippen LogP) is 1.68. The Kier molecular flexibility index (Phi) is 3.18. The molecule has 0 aliphatic carbocycles. The van der Waals surface area contributed by atoms with E-state index in [-0.39, 0.29) is 22.1 Å². The second-order valence-electron chi connectivity index (χ2n) is 5.74. The summed E-state index contributed by atoms with van der Waals surface area (Å²) in [4.78, 5) is 12.2. The number of sulfonamides is 1. The Balaban J connectivity index is 2.58. The minimum absolute atomic E-state index is 0.0819. The van der Waals surface area contributed by atoms with Gasteiger partial charge in [0.2, 0.25) is 15.9 Å². The molecule has 0 spiro atoms. The second-order valence-corrected chi connectivity index (χ2v) is 7.63. The summed E-state index contributed by atoms with van der Waals surface area (Å²) >= 11 is 0. The minimum atomic E-state index is -3.50. The Morgan fingerprint density at radius 2 is 1.89 bits per heavy atom. The van der Waals surface area contributed by atoms with Crippen molar-refractivity contribution in [2.24, 2.45) is 5.41 Å². The Morgan fingerprint density at radius 3 is 2.42 bits per heavy atom. The highest BCUT2D eigenvalue weighted by Gasteiger charge is 2.39. The van der Waals surface area contributed by atoms with Crippen LogP contribution in [-0.4, -0.2) is 21.4 Å². The molecule has 1 amide bonds. The van der Waals surface area contributed by atoms with Crippen molar-refractivity contribution >= 4 is 21.6 Å². The predicted molar refractivity (Wildman–Crippen MR) is 73.5 cm³/mol. The molecule has 5 nitrogen and oxygen atoms in total. The van der Waals surface area contributed by atoms with Crippen LogP contribution >= 0.6 is 0 Å². The summed E-state index contributed by atoms with van der Waals surface area (Å²) in [7, 11) is -2.13. The van der Waals surface area contributed by atoms with Crippen molar-refractivity contribution in [1.29, 1.82) is 0 Å². The van der Waals surface area contributed by atoms with Crippen LogP contribution in [0.4, 0.5) is 5.69 Å². The number of carbonyl (C=O) groups is 1. The summed E-state index contributed by atoms with van der Waals surface area (Å²) in [6.45, 7) is 5.89. The molecular formula is C13H18N2O3S. The molecule has 1 atom stereocenters. The van der Waals surface area contributed by atoms with E-state index in [2.05, 4.69) is 10.0 Å². The molecule has 0 bridgehead atoms.